The predicted octanol–water partition coefficient (Wildman–Crippen LogP) is 4.82. The molecule has 1 aromatic carbocycles. The largest absolute Gasteiger partial charge is 0.388 e. The van der Waals surface area contributed by atoms with Crippen LogP contribution >= 0.6 is 0 Å². The highest BCUT2D eigenvalue weighted by Gasteiger charge is 2.39. The fourth-order valence-corrected chi connectivity index (χ4v) is 3.74. The van der Waals surface area contributed by atoms with Crippen molar-refractivity contribution in [3.63, 3.8) is 0 Å². The Labute approximate surface area is 118 Å². The first-order chi connectivity index (χ1) is 9.16. The van der Waals surface area contributed by atoms with Gasteiger partial charge in [0.05, 0.1) is 6.10 Å². The molecule has 1 aromatic rings. The SMILES string of the molecule is CCc1ccc(C(O)C2(CC)CCCC2)cc1CC. The van der Waals surface area contributed by atoms with Crippen molar-refractivity contribution >= 4 is 0 Å². The van der Waals surface area contributed by atoms with Gasteiger partial charge < -0.3 is 5.11 Å². The molecular formula is C18H28O. The molecule has 1 fully saturated rings. The quantitative estimate of drug-likeness (QED) is 0.805. The summed E-state index contributed by atoms with van der Waals surface area (Å²) < 4.78 is 0. The molecule has 1 atom stereocenters. The summed E-state index contributed by atoms with van der Waals surface area (Å²) in [5.74, 6) is 0. The number of aryl methyl sites for hydroxylation is 2. The van der Waals surface area contributed by atoms with E-state index >= 15 is 0 Å². The average Bonchev–Trinajstić information content (AvgIpc) is 2.95. The molecule has 1 saturated carbocycles. The first kappa shape index (κ1) is 14.6. The topological polar surface area (TPSA) is 20.2 Å². The van der Waals surface area contributed by atoms with Crippen molar-refractivity contribution in [1.29, 1.82) is 0 Å². The Morgan fingerprint density at radius 1 is 1.05 bits per heavy atom. The second kappa shape index (κ2) is 6.09. The van der Waals surface area contributed by atoms with Gasteiger partial charge in [-0.25, -0.2) is 0 Å². The van der Waals surface area contributed by atoms with E-state index in [4.69, 9.17) is 0 Å². The van der Waals surface area contributed by atoms with Crippen molar-refractivity contribution in [2.45, 2.75) is 71.8 Å². The molecule has 1 heteroatoms. The third-order valence-electron chi connectivity index (χ3n) is 5.19. The van der Waals surface area contributed by atoms with Crippen molar-refractivity contribution in [2.24, 2.45) is 5.41 Å². The number of hydrogen-bond acceptors (Lipinski definition) is 1. The lowest BCUT2D eigenvalue weighted by Crippen LogP contribution is -2.25. The van der Waals surface area contributed by atoms with E-state index in [9.17, 15) is 5.11 Å². The second-order valence-corrected chi connectivity index (χ2v) is 6.06. The minimum Gasteiger partial charge on any atom is -0.388 e. The van der Waals surface area contributed by atoms with Crippen LogP contribution in [0, 0.1) is 5.41 Å². The normalized spacial score (nSPS) is 19.6. The van der Waals surface area contributed by atoms with E-state index in [1.807, 2.05) is 0 Å². The van der Waals surface area contributed by atoms with E-state index in [1.165, 1.54) is 36.8 Å². The maximum Gasteiger partial charge on any atom is 0.0846 e. The van der Waals surface area contributed by atoms with E-state index < -0.39 is 0 Å². The highest BCUT2D eigenvalue weighted by atomic mass is 16.3. The van der Waals surface area contributed by atoms with Gasteiger partial charge in [0.25, 0.3) is 0 Å². The van der Waals surface area contributed by atoms with Crippen molar-refractivity contribution in [3.8, 4) is 0 Å². The fourth-order valence-electron chi connectivity index (χ4n) is 3.74. The molecule has 1 aliphatic rings. The summed E-state index contributed by atoms with van der Waals surface area (Å²) in [5.41, 5.74) is 4.11. The first-order valence-corrected chi connectivity index (χ1v) is 7.96. The van der Waals surface area contributed by atoms with Crippen LogP contribution < -0.4 is 0 Å². The van der Waals surface area contributed by atoms with Crippen LogP contribution in [0.15, 0.2) is 18.2 Å². The van der Waals surface area contributed by atoms with Crippen LogP contribution in [0.25, 0.3) is 0 Å². The van der Waals surface area contributed by atoms with Crippen LogP contribution in [0.3, 0.4) is 0 Å². The minimum atomic E-state index is -0.281. The summed E-state index contributed by atoms with van der Waals surface area (Å²) in [5, 5.41) is 10.9. The maximum atomic E-state index is 10.9. The highest BCUT2D eigenvalue weighted by molar-refractivity contribution is 5.34. The van der Waals surface area contributed by atoms with Crippen LogP contribution in [-0.2, 0) is 12.8 Å². The molecule has 1 N–H and O–H groups in total. The highest BCUT2D eigenvalue weighted by Crippen LogP contribution is 2.50. The Balaban J connectivity index is 2.30. The van der Waals surface area contributed by atoms with E-state index in [2.05, 4.69) is 39.0 Å². The van der Waals surface area contributed by atoms with Crippen LogP contribution in [0.1, 0.15) is 75.7 Å². The summed E-state index contributed by atoms with van der Waals surface area (Å²) >= 11 is 0. The minimum absolute atomic E-state index is 0.138. The summed E-state index contributed by atoms with van der Waals surface area (Å²) in [7, 11) is 0. The molecule has 0 aromatic heterocycles. The predicted molar refractivity (Wildman–Crippen MR) is 81.3 cm³/mol. The van der Waals surface area contributed by atoms with E-state index in [0.29, 0.717) is 0 Å². The van der Waals surface area contributed by atoms with Gasteiger partial charge in [-0.1, -0.05) is 51.8 Å². The van der Waals surface area contributed by atoms with Gasteiger partial charge in [-0.2, -0.15) is 0 Å². The van der Waals surface area contributed by atoms with Crippen molar-refractivity contribution in [2.75, 3.05) is 0 Å². The van der Waals surface area contributed by atoms with E-state index in [1.54, 1.807) is 0 Å². The van der Waals surface area contributed by atoms with Gasteiger partial charge in [-0.3, -0.25) is 0 Å². The second-order valence-electron chi connectivity index (χ2n) is 6.06. The summed E-state index contributed by atoms with van der Waals surface area (Å²) in [6.45, 7) is 6.64. The lowest BCUT2D eigenvalue weighted by atomic mass is 9.75. The molecule has 0 saturated heterocycles. The Morgan fingerprint density at radius 3 is 2.21 bits per heavy atom. The zero-order valence-corrected chi connectivity index (χ0v) is 12.7. The Kier molecular flexibility index (Phi) is 4.67. The van der Waals surface area contributed by atoms with Crippen molar-refractivity contribution < 1.29 is 5.11 Å². The fraction of sp³-hybridized carbons (Fsp3) is 0.667. The van der Waals surface area contributed by atoms with E-state index in [0.717, 1.165) is 24.8 Å². The zero-order chi connectivity index (χ0) is 13.9. The molecule has 0 heterocycles. The summed E-state index contributed by atoms with van der Waals surface area (Å²) in [4.78, 5) is 0. The van der Waals surface area contributed by atoms with Crippen LogP contribution in [0.4, 0.5) is 0 Å². The Hall–Kier alpha value is -0.820. The molecule has 2 rings (SSSR count). The van der Waals surface area contributed by atoms with E-state index in [-0.39, 0.29) is 11.5 Å². The molecule has 1 nitrogen and oxygen atoms in total. The summed E-state index contributed by atoms with van der Waals surface area (Å²) in [6, 6.07) is 6.62. The van der Waals surface area contributed by atoms with Crippen molar-refractivity contribution in [1.82, 2.24) is 0 Å². The molecular weight excluding hydrogens is 232 g/mol. The third-order valence-corrected chi connectivity index (χ3v) is 5.19. The van der Waals surface area contributed by atoms with Gasteiger partial charge >= 0.3 is 0 Å². The number of benzene rings is 1. The van der Waals surface area contributed by atoms with Gasteiger partial charge in [-0.15, -0.1) is 0 Å². The maximum absolute atomic E-state index is 10.9. The monoisotopic (exact) mass is 260 g/mol. The smallest absolute Gasteiger partial charge is 0.0846 e. The molecule has 0 aliphatic heterocycles. The van der Waals surface area contributed by atoms with Gasteiger partial charge in [-0.05, 0) is 48.8 Å². The standard InChI is InChI=1S/C18H28O/c1-4-14-9-10-16(13-15(14)5-2)17(19)18(6-3)11-7-8-12-18/h9-10,13,17,19H,4-8,11-12H2,1-3H3. The van der Waals surface area contributed by atoms with Gasteiger partial charge in [0.1, 0.15) is 0 Å². The molecule has 0 bridgehead atoms. The number of aliphatic hydroxyl groups excluding tert-OH is 1. The van der Waals surface area contributed by atoms with Gasteiger partial charge in [0.2, 0.25) is 0 Å². The van der Waals surface area contributed by atoms with Gasteiger partial charge in [0, 0.05) is 5.41 Å². The number of hydrogen-bond donors (Lipinski definition) is 1. The Bertz CT molecular complexity index is 416. The molecule has 106 valence electrons. The van der Waals surface area contributed by atoms with Crippen LogP contribution in [-0.4, -0.2) is 5.11 Å². The summed E-state index contributed by atoms with van der Waals surface area (Å²) in [6.07, 6.45) is 7.86. The van der Waals surface area contributed by atoms with Crippen LogP contribution in [0.2, 0.25) is 0 Å². The Morgan fingerprint density at radius 2 is 1.68 bits per heavy atom. The molecule has 1 unspecified atom stereocenters. The molecule has 0 spiro atoms. The number of aliphatic hydroxyl groups is 1. The lowest BCUT2D eigenvalue weighted by molar-refractivity contribution is 0.0237. The lowest BCUT2D eigenvalue weighted by Gasteiger charge is -2.34. The molecule has 1 aliphatic carbocycles. The average molecular weight is 260 g/mol. The van der Waals surface area contributed by atoms with Crippen molar-refractivity contribution in [3.05, 3.63) is 34.9 Å². The molecule has 0 amide bonds. The van der Waals surface area contributed by atoms with Crippen LogP contribution in [0.5, 0.6) is 0 Å². The molecule has 19 heavy (non-hydrogen) atoms. The first-order valence-electron chi connectivity index (χ1n) is 7.96. The number of rotatable bonds is 5. The van der Waals surface area contributed by atoms with Gasteiger partial charge in [0.15, 0.2) is 0 Å². The third kappa shape index (κ3) is 2.72. The zero-order valence-electron chi connectivity index (χ0n) is 12.7. The molecule has 0 radical (unpaired) electrons.